The van der Waals surface area contributed by atoms with Gasteiger partial charge >= 0.3 is 0 Å². The first-order valence-corrected chi connectivity index (χ1v) is 17.4. The summed E-state index contributed by atoms with van der Waals surface area (Å²) in [4.78, 5) is 69.9. The highest BCUT2D eigenvalue weighted by molar-refractivity contribution is 6.25. The molecule has 3 aliphatic carbocycles. The van der Waals surface area contributed by atoms with E-state index < -0.39 is 112 Å². The predicted molar refractivity (Wildman–Crippen MR) is 190 cm³/mol. The fraction of sp³-hybridized carbons (Fsp3) is 0.583. The van der Waals surface area contributed by atoms with Crippen LogP contribution >= 0.6 is 0 Å². The average Bonchev–Trinajstić information content (AvgIpc) is 3.05. The highest BCUT2D eigenvalue weighted by atomic mass is 16.7. The number of ether oxygens (including phenoxy) is 2. The van der Waals surface area contributed by atoms with E-state index in [1.54, 1.807) is 19.0 Å². The number of anilines is 2. The molecule has 2 amide bonds. The van der Waals surface area contributed by atoms with E-state index in [-0.39, 0.29) is 36.2 Å². The van der Waals surface area contributed by atoms with Gasteiger partial charge in [-0.05, 0) is 72.2 Å². The first-order chi connectivity index (χ1) is 24.9. The van der Waals surface area contributed by atoms with E-state index in [9.17, 15) is 54.6 Å². The molecule has 0 unspecified atom stereocenters. The lowest BCUT2D eigenvalue weighted by molar-refractivity contribution is -0.283. The van der Waals surface area contributed by atoms with Crippen molar-refractivity contribution in [3.63, 3.8) is 0 Å². The Kier molecular flexibility index (Phi) is 10.8. The zero-order chi connectivity index (χ0) is 40.5. The van der Waals surface area contributed by atoms with Crippen LogP contribution in [0.4, 0.5) is 11.4 Å². The number of carbonyl (C=O) groups excluding carboxylic acids is 5. The van der Waals surface area contributed by atoms with Crippen molar-refractivity contribution in [2.45, 2.75) is 88.4 Å². The van der Waals surface area contributed by atoms with Gasteiger partial charge in [-0.15, -0.1) is 0 Å². The third-order valence-electron chi connectivity index (χ3n) is 10.4. The van der Waals surface area contributed by atoms with E-state index in [0.29, 0.717) is 11.3 Å². The zero-order valence-electron chi connectivity index (χ0n) is 31.3. The number of benzene rings is 1. The number of aliphatic hydroxyl groups excluding tert-OH is 4. The minimum Gasteiger partial charge on any atom is -0.508 e. The van der Waals surface area contributed by atoms with Crippen LogP contribution in [0, 0.1) is 11.8 Å². The number of likely N-dealkylation sites (N-methyl/N-ethyl adjacent to an activating group) is 1. The van der Waals surface area contributed by atoms with Gasteiger partial charge in [0.05, 0.1) is 23.8 Å². The van der Waals surface area contributed by atoms with E-state index in [1.807, 2.05) is 20.8 Å². The molecule has 4 aliphatic rings. The number of amides is 2. The van der Waals surface area contributed by atoms with Crippen molar-refractivity contribution < 1.29 is 64.1 Å². The molecule has 54 heavy (non-hydrogen) atoms. The molecule has 1 aromatic rings. The van der Waals surface area contributed by atoms with E-state index in [0.717, 1.165) is 6.92 Å². The van der Waals surface area contributed by atoms with E-state index in [1.165, 1.54) is 25.1 Å². The number of carbonyl (C=O) groups is 5. The van der Waals surface area contributed by atoms with Crippen LogP contribution in [-0.2, 0) is 35.1 Å². The molecule has 0 spiro atoms. The number of nitrogens with zero attached hydrogens (tertiary/aromatic N) is 2. The maximum Gasteiger partial charge on any atom is 0.255 e. The molecule has 0 aromatic heterocycles. The maximum absolute atomic E-state index is 14.4. The van der Waals surface area contributed by atoms with Crippen molar-refractivity contribution in [3.8, 4) is 5.75 Å². The first kappa shape index (κ1) is 40.7. The number of allylic oxidation sites excluding steroid dienone is 1. The van der Waals surface area contributed by atoms with Crippen LogP contribution in [0.3, 0.4) is 0 Å². The molecule has 1 fully saturated rings. The maximum atomic E-state index is 14.4. The summed E-state index contributed by atoms with van der Waals surface area (Å²) in [5.74, 6) is -9.38. The van der Waals surface area contributed by atoms with Crippen LogP contribution in [0.1, 0.15) is 50.0 Å². The van der Waals surface area contributed by atoms with E-state index in [4.69, 9.17) is 15.2 Å². The van der Waals surface area contributed by atoms with Gasteiger partial charge in [0.15, 0.2) is 22.9 Å². The number of phenols is 1. The van der Waals surface area contributed by atoms with Crippen LogP contribution in [-0.4, -0.2) is 147 Å². The lowest BCUT2D eigenvalue weighted by atomic mass is 9.58. The fourth-order valence-corrected chi connectivity index (χ4v) is 7.84. The molecule has 0 radical (unpaired) electrons. The number of hydrogen-bond acceptors (Lipinski definition) is 16. The Morgan fingerprint density at radius 1 is 1.06 bits per heavy atom. The fourth-order valence-electron chi connectivity index (χ4n) is 7.84. The lowest BCUT2D eigenvalue weighted by Gasteiger charge is -2.51. The predicted octanol–water partition coefficient (Wildman–Crippen LogP) is -1.63. The molecule has 0 bridgehead atoms. The Hall–Kier alpha value is -4.43. The van der Waals surface area contributed by atoms with Gasteiger partial charge in [-0.1, -0.05) is 0 Å². The molecular weight excluding hydrogens is 710 g/mol. The van der Waals surface area contributed by atoms with Crippen molar-refractivity contribution in [1.82, 2.24) is 10.2 Å². The standard InChI is InChI=1S/C36H49N5O13/c1-13(42)29-27(47)26(46)28(48)34(53-29)54-30-22(33(37)51)32(50)36(52)16(23(30)41(7)8)10-14-9-15-18(40(5)6)11-17(39-19(43)12-38-35(2,3)4)24(44)21(15)25(45)20(14)31(36)49/h11,14,16,23,26-29,34,38,44,46-49,52H,9-10,12H2,1-8H3,(H2,37,51)(H,39,43)/t14-,16-,23-,26-,27-,28+,29+,34-,36-/m0/s1. The third-order valence-corrected chi connectivity index (χ3v) is 10.4. The van der Waals surface area contributed by atoms with E-state index >= 15 is 0 Å². The van der Waals surface area contributed by atoms with Gasteiger partial charge in [-0.2, -0.15) is 0 Å². The summed E-state index contributed by atoms with van der Waals surface area (Å²) >= 11 is 0. The van der Waals surface area contributed by atoms with Crippen molar-refractivity contribution >= 4 is 40.5 Å². The molecular formula is C36H49N5O13. The largest absolute Gasteiger partial charge is 0.508 e. The van der Waals surface area contributed by atoms with Gasteiger partial charge in [0.1, 0.15) is 41.5 Å². The number of ketones is 3. The quantitative estimate of drug-likeness (QED) is 0.101. The third kappa shape index (κ3) is 6.76. The van der Waals surface area contributed by atoms with Crippen LogP contribution in [0.5, 0.6) is 5.75 Å². The van der Waals surface area contributed by atoms with Gasteiger partial charge in [0.25, 0.3) is 5.91 Å². The number of aliphatic hydroxyl groups is 5. The number of fused-ring (bicyclic) bond motifs is 3. The number of nitrogens with two attached hydrogens (primary N) is 1. The SMILES string of the molecule is CC(=O)[C@H]1O[C@@H](OC2=C(C(N)=O)C(=O)[C@@]3(O)C(O)=C4C(=O)c5c(O)c(NC(=O)CNC(C)(C)C)cc(N(C)C)c5C[C@H]4C[C@H]3[C@@H]2N(C)C)[C@H](O)[C@@H](O)[C@@H]1O. The number of aromatic hydroxyl groups is 1. The number of phenolic OH excluding ortho intramolecular Hbond substituents is 1. The van der Waals surface area contributed by atoms with E-state index in [2.05, 4.69) is 10.6 Å². The smallest absolute Gasteiger partial charge is 0.255 e. The number of rotatable bonds is 9. The zero-order valence-corrected chi connectivity index (χ0v) is 31.3. The number of Topliss-reactive ketones (excluding diaryl/α,β-unsaturated/α-hetero) is 3. The number of hydrogen-bond donors (Lipinski definition) is 9. The molecule has 1 saturated heterocycles. The lowest BCUT2D eigenvalue weighted by Crippen LogP contribution is -2.65. The van der Waals surface area contributed by atoms with Crippen LogP contribution in [0.15, 0.2) is 28.7 Å². The molecule has 296 valence electrons. The monoisotopic (exact) mass is 759 g/mol. The summed E-state index contributed by atoms with van der Waals surface area (Å²) in [7, 11) is 6.40. The highest BCUT2D eigenvalue weighted by Crippen LogP contribution is 2.54. The van der Waals surface area contributed by atoms with Gasteiger partial charge in [0.2, 0.25) is 18.0 Å². The molecule has 9 atom stereocenters. The second kappa shape index (κ2) is 14.3. The normalized spacial score (nSPS) is 31.1. The second-order valence-electron chi connectivity index (χ2n) is 15.8. The Labute approximate surface area is 311 Å². The number of primary amides is 1. The summed E-state index contributed by atoms with van der Waals surface area (Å²) in [5.41, 5.74) is 1.50. The molecule has 18 nitrogen and oxygen atoms in total. The molecule has 18 heteroatoms. The second-order valence-corrected chi connectivity index (χ2v) is 15.8. The average molecular weight is 760 g/mol. The van der Waals surface area contributed by atoms with Crippen molar-refractivity contribution in [1.29, 1.82) is 0 Å². The Morgan fingerprint density at radius 2 is 1.69 bits per heavy atom. The molecule has 1 aromatic carbocycles. The van der Waals surface area contributed by atoms with Gasteiger partial charge in [-0.25, -0.2) is 0 Å². The van der Waals surface area contributed by atoms with Crippen LogP contribution in [0.25, 0.3) is 0 Å². The first-order valence-electron chi connectivity index (χ1n) is 17.4. The topological polar surface area (TPSA) is 282 Å². The summed E-state index contributed by atoms with van der Waals surface area (Å²) in [6.45, 7) is 6.55. The van der Waals surface area contributed by atoms with Crippen molar-refractivity contribution in [3.05, 3.63) is 39.9 Å². The highest BCUT2D eigenvalue weighted by Gasteiger charge is 2.64. The molecule has 10 N–H and O–H groups in total. The summed E-state index contributed by atoms with van der Waals surface area (Å²) < 4.78 is 11.4. The van der Waals surface area contributed by atoms with Crippen LogP contribution < -0.4 is 21.3 Å². The minimum atomic E-state index is -2.93. The summed E-state index contributed by atoms with van der Waals surface area (Å²) in [6, 6.07) is 0.229. The van der Waals surface area contributed by atoms with Gasteiger partial charge in [0, 0.05) is 36.8 Å². The Bertz CT molecular complexity index is 1850. The minimum absolute atomic E-state index is 0.0136. The molecule has 0 saturated carbocycles. The Morgan fingerprint density at radius 3 is 2.22 bits per heavy atom. The molecule has 1 aliphatic heterocycles. The summed E-state index contributed by atoms with van der Waals surface area (Å²) in [5, 5.41) is 72.9. The molecule has 5 rings (SSSR count). The number of nitrogens with one attached hydrogen (secondary N) is 2. The molecule has 1 heterocycles. The van der Waals surface area contributed by atoms with Gasteiger partial charge < -0.3 is 61.4 Å². The summed E-state index contributed by atoms with van der Waals surface area (Å²) in [6.07, 6.45) is -9.51. The Balaban J connectivity index is 1.63. The van der Waals surface area contributed by atoms with Gasteiger partial charge in [-0.3, -0.25) is 28.9 Å². The van der Waals surface area contributed by atoms with Crippen molar-refractivity contribution in [2.24, 2.45) is 17.6 Å². The van der Waals surface area contributed by atoms with Crippen LogP contribution in [0.2, 0.25) is 0 Å². The van der Waals surface area contributed by atoms with Crippen molar-refractivity contribution in [2.75, 3.05) is 45.0 Å².